The zero-order chi connectivity index (χ0) is 28.2. The molecule has 1 unspecified atom stereocenters. The number of carbonyl (C=O) groups is 2. The number of amides is 1. The minimum absolute atomic E-state index is 0.0417. The Hall–Kier alpha value is -2.62. The van der Waals surface area contributed by atoms with Crippen molar-refractivity contribution in [3.8, 4) is 6.07 Å². The van der Waals surface area contributed by atoms with Crippen molar-refractivity contribution in [2.75, 3.05) is 7.11 Å². The number of carbonyl (C=O) groups excluding carboxylic acids is 2. The number of nitriles is 1. The van der Waals surface area contributed by atoms with Crippen LogP contribution in [0.2, 0.25) is 0 Å². The summed E-state index contributed by atoms with van der Waals surface area (Å²) in [5, 5.41) is 17.8. The van der Waals surface area contributed by atoms with Gasteiger partial charge in [-0.1, -0.05) is 45.3 Å². The van der Waals surface area contributed by atoms with Crippen LogP contribution in [0.3, 0.4) is 0 Å². The molecule has 0 radical (unpaired) electrons. The number of ether oxygens (including phenoxy) is 1. The van der Waals surface area contributed by atoms with Crippen molar-refractivity contribution in [1.29, 1.82) is 5.26 Å². The van der Waals surface area contributed by atoms with Gasteiger partial charge in [-0.25, -0.2) is 4.79 Å². The van der Waals surface area contributed by atoms with Crippen LogP contribution in [0.5, 0.6) is 0 Å². The van der Waals surface area contributed by atoms with E-state index >= 15 is 0 Å². The topological polar surface area (TPSA) is 105 Å². The standard InChI is InChI=1S/C32H43N3O4/c1-27(2)10-12-32(35-26(37)38-7)13-11-31(6)24(20(32)16-27)21(36)14-23-28(3)15-19-17-34-39-25(19)29(4,18-33)22(28)8-9-30(23,31)5/h14,17,20,22,24H,8-13,15-16H2,1-7H3,(H,35,37)/t20-,22?,24-,28-,29-,30+,31+,32-/m0/s1. The van der Waals surface area contributed by atoms with Gasteiger partial charge in [0, 0.05) is 17.0 Å². The van der Waals surface area contributed by atoms with Crippen molar-refractivity contribution in [1.82, 2.24) is 10.5 Å². The van der Waals surface area contributed by atoms with E-state index in [4.69, 9.17) is 9.26 Å². The molecule has 1 N–H and O–H groups in total. The summed E-state index contributed by atoms with van der Waals surface area (Å²) >= 11 is 0. The summed E-state index contributed by atoms with van der Waals surface area (Å²) in [6.07, 6.45) is 10.4. The quantitative estimate of drug-likeness (QED) is 0.455. The Morgan fingerprint density at radius 2 is 1.85 bits per heavy atom. The number of methoxy groups -OCH3 is 1. The lowest BCUT2D eigenvalue weighted by molar-refractivity contribution is -0.160. The molecule has 0 bridgehead atoms. The lowest BCUT2D eigenvalue weighted by Gasteiger charge is -2.69. The first kappa shape index (κ1) is 26.6. The summed E-state index contributed by atoms with van der Waals surface area (Å²) in [4.78, 5) is 27.1. The molecule has 6 rings (SSSR count). The Morgan fingerprint density at radius 3 is 2.54 bits per heavy atom. The van der Waals surface area contributed by atoms with Crippen LogP contribution in [0.15, 0.2) is 22.4 Å². The third-order valence-corrected chi connectivity index (χ3v) is 12.8. The van der Waals surface area contributed by atoms with Gasteiger partial charge in [0.15, 0.2) is 11.5 Å². The number of ketones is 1. The average Bonchev–Trinajstić information content (AvgIpc) is 3.34. The van der Waals surface area contributed by atoms with Crippen LogP contribution in [0.1, 0.15) is 97.8 Å². The fourth-order valence-corrected chi connectivity index (χ4v) is 10.6. The van der Waals surface area contributed by atoms with Gasteiger partial charge in [0.1, 0.15) is 5.41 Å². The monoisotopic (exact) mass is 533 g/mol. The molecule has 0 spiro atoms. The normalized spacial score (nSPS) is 45.7. The van der Waals surface area contributed by atoms with Crippen molar-refractivity contribution in [2.45, 2.75) is 104 Å². The molecule has 1 aromatic rings. The van der Waals surface area contributed by atoms with Gasteiger partial charge in [-0.05, 0) is 97.9 Å². The Morgan fingerprint density at radius 1 is 1.13 bits per heavy atom. The molecule has 0 aliphatic heterocycles. The fourth-order valence-electron chi connectivity index (χ4n) is 10.6. The van der Waals surface area contributed by atoms with Gasteiger partial charge in [-0.15, -0.1) is 0 Å². The first-order valence-corrected chi connectivity index (χ1v) is 14.7. The number of hydrogen-bond donors (Lipinski definition) is 1. The fraction of sp³-hybridized carbons (Fsp3) is 0.750. The summed E-state index contributed by atoms with van der Waals surface area (Å²) in [6, 6.07) is 2.61. The van der Waals surface area contributed by atoms with Gasteiger partial charge >= 0.3 is 6.09 Å². The van der Waals surface area contributed by atoms with Gasteiger partial charge in [0.05, 0.1) is 19.4 Å². The molecule has 39 heavy (non-hydrogen) atoms. The lowest BCUT2D eigenvalue weighted by atomic mass is 9.34. The number of allylic oxidation sites excluding steroid dienone is 2. The molecule has 1 heterocycles. The Balaban J connectivity index is 1.49. The predicted molar refractivity (Wildman–Crippen MR) is 145 cm³/mol. The highest BCUT2D eigenvalue weighted by Gasteiger charge is 2.70. The highest BCUT2D eigenvalue weighted by Crippen LogP contribution is 2.73. The van der Waals surface area contributed by atoms with Crippen molar-refractivity contribution < 1.29 is 18.8 Å². The second kappa shape index (κ2) is 7.98. The van der Waals surface area contributed by atoms with Crippen molar-refractivity contribution in [2.24, 2.45) is 39.4 Å². The molecule has 1 aromatic heterocycles. The highest BCUT2D eigenvalue weighted by molar-refractivity contribution is 5.95. The predicted octanol–water partition coefficient (Wildman–Crippen LogP) is 6.28. The maximum Gasteiger partial charge on any atom is 0.407 e. The van der Waals surface area contributed by atoms with Crippen molar-refractivity contribution in [3.63, 3.8) is 0 Å². The third kappa shape index (κ3) is 3.24. The van der Waals surface area contributed by atoms with Crippen LogP contribution >= 0.6 is 0 Å². The van der Waals surface area contributed by atoms with E-state index in [-0.39, 0.29) is 45.2 Å². The summed E-state index contributed by atoms with van der Waals surface area (Å²) < 4.78 is 10.8. The van der Waals surface area contributed by atoms with Crippen LogP contribution in [0.25, 0.3) is 0 Å². The summed E-state index contributed by atoms with van der Waals surface area (Å²) in [6.45, 7) is 13.6. The molecule has 7 heteroatoms. The van der Waals surface area contributed by atoms with E-state index in [2.05, 4.69) is 51.2 Å². The summed E-state index contributed by atoms with van der Waals surface area (Å²) in [5.74, 6) is 0.810. The van der Waals surface area contributed by atoms with E-state index in [0.717, 1.165) is 56.9 Å². The van der Waals surface area contributed by atoms with E-state index in [1.807, 2.05) is 13.0 Å². The zero-order valence-corrected chi connectivity index (χ0v) is 24.6. The van der Waals surface area contributed by atoms with Crippen molar-refractivity contribution in [3.05, 3.63) is 29.2 Å². The second-order valence-electron chi connectivity index (χ2n) is 15.1. The minimum atomic E-state index is -0.790. The number of fused-ring (bicyclic) bond motifs is 8. The van der Waals surface area contributed by atoms with Crippen LogP contribution in [0.4, 0.5) is 4.79 Å². The molecule has 5 aliphatic carbocycles. The lowest BCUT2D eigenvalue weighted by Crippen LogP contribution is -2.70. The molecule has 8 atom stereocenters. The highest BCUT2D eigenvalue weighted by atomic mass is 16.5. The summed E-state index contributed by atoms with van der Waals surface area (Å²) in [7, 11) is 1.42. The second-order valence-corrected chi connectivity index (χ2v) is 15.1. The third-order valence-electron chi connectivity index (χ3n) is 12.8. The Bertz CT molecular complexity index is 1320. The molecule has 3 saturated carbocycles. The number of nitrogens with one attached hydrogen (secondary N) is 1. The largest absolute Gasteiger partial charge is 0.453 e. The molecule has 0 saturated heterocycles. The van der Waals surface area contributed by atoms with E-state index < -0.39 is 17.0 Å². The van der Waals surface area contributed by atoms with E-state index in [1.165, 1.54) is 12.7 Å². The maximum absolute atomic E-state index is 14.5. The SMILES string of the molecule is COC(=O)N[C@]12CCC(C)(C)C[C@H]1[C@H]1C(=O)C=C3[C@@]4(C)Cc5cnoc5[C@@](C)(C#N)C4CC[C@@]3(C)[C@]1(C)CC2. The number of nitrogens with zero attached hydrogens (tertiary/aromatic N) is 2. The maximum atomic E-state index is 14.5. The van der Waals surface area contributed by atoms with Gasteiger partial charge in [-0.2, -0.15) is 5.26 Å². The molecule has 210 valence electrons. The number of aromatic nitrogens is 1. The molecule has 0 aromatic carbocycles. The van der Waals surface area contributed by atoms with Gasteiger partial charge in [0.2, 0.25) is 0 Å². The van der Waals surface area contributed by atoms with Crippen LogP contribution < -0.4 is 5.32 Å². The Labute approximate surface area is 232 Å². The van der Waals surface area contributed by atoms with Crippen LogP contribution in [-0.2, 0) is 21.4 Å². The number of hydrogen-bond acceptors (Lipinski definition) is 6. The molecular weight excluding hydrogens is 490 g/mol. The van der Waals surface area contributed by atoms with Gasteiger partial charge in [0.25, 0.3) is 0 Å². The van der Waals surface area contributed by atoms with E-state index in [0.29, 0.717) is 5.76 Å². The van der Waals surface area contributed by atoms with E-state index in [1.54, 1.807) is 6.20 Å². The molecule has 3 fully saturated rings. The first-order valence-electron chi connectivity index (χ1n) is 14.7. The molecule has 5 aliphatic rings. The van der Waals surface area contributed by atoms with Crippen molar-refractivity contribution >= 4 is 11.9 Å². The Kier molecular flexibility index (Phi) is 5.44. The van der Waals surface area contributed by atoms with Gasteiger partial charge in [-0.3, -0.25) is 4.79 Å². The molecule has 1 amide bonds. The number of rotatable bonds is 1. The van der Waals surface area contributed by atoms with Crippen LogP contribution in [-0.4, -0.2) is 29.7 Å². The van der Waals surface area contributed by atoms with Gasteiger partial charge < -0.3 is 14.6 Å². The van der Waals surface area contributed by atoms with E-state index in [9.17, 15) is 14.9 Å². The first-order chi connectivity index (χ1) is 18.2. The minimum Gasteiger partial charge on any atom is -0.453 e. The number of alkyl carbamates (subject to hydrolysis) is 1. The smallest absolute Gasteiger partial charge is 0.407 e. The average molecular weight is 534 g/mol. The summed E-state index contributed by atoms with van der Waals surface area (Å²) in [5.41, 5.74) is 0.300. The zero-order valence-electron chi connectivity index (χ0n) is 24.6. The van der Waals surface area contributed by atoms with Crippen LogP contribution in [0, 0.1) is 50.7 Å². The molecular formula is C32H43N3O4. The molecule has 7 nitrogen and oxygen atoms in total.